The van der Waals surface area contributed by atoms with Gasteiger partial charge in [0, 0.05) is 0 Å². The number of hydrogen-bond acceptors (Lipinski definition) is 4. The molecule has 0 aliphatic carbocycles. The second kappa shape index (κ2) is 5.48. The molecule has 0 aliphatic heterocycles. The van der Waals surface area contributed by atoms with E-state index in [1.807, 2.05) is 0 Å². The van der Waals surface area contributed by atoms with Gasteiger partial charge in [0.15, 0.2) is 0 Å². The Labute approximate surface area is 83.7 Å². The number of rotatable bonds is 3. The first kappa shape index (κ1) is 13.4. The van der Waals surface area contributed by atoms with Crippen LogP contribution in [-0.2, 0) is 14.5 Å². The third kappa shape index (κ3) is 6.94. The Morgan fingerprint density at radius 1 is 1.60 bits per heavy atom. The van der Waals surface area contributed by atoms with Crippen LogP contribution in [0.5, 0.6) is 0 Å². The van der Waals surface area contributed by atoms with E-state index in [1.54, 1.807) is 0 Å². The minimum absolute atomic E-state index is 0. The van der Waals surface area contributed by atoms with Crippen LogP contribution in [0.25, 0.3) is 0 Å². The van der Waals surface area contributed by atoms with Crippen molar-refractivity contribution in [3.63, 3.8) is 0 Å². The Kier molecular flexibility index (Phi) is 7.35. The van der Waals surface area contributed by atoms with E-state index in [2.05, 4.69) is 4.18 Å². The third-order valence-electron chi connectivity index (χ3n) is 0.431. The summed E-state index contributed by atoms with van der Waals surface area (Å²) in [5.74, 6) is 0. The maximum atomic E-state index is 10.2. The molecule has 0 bridgehead atoms. The van der Waals surface area contributed by atoms with Crippen molar-refractivity contribution in [1.29, 1.82) is 0 Å². The summed E-state index contributed by atoms with van der Waals surface area (Å²) in [4.78, 5) is 1.02. The molecule has 0 heterocycles. The molecule has 0 aromatic carbocycles. The van der Waals surface area contributed by atoms with Crippen molar-refractivity contribution in [3.8, 4) is 0 Å². The van der Waals surface area contributed by atoms with Crippen LogP contribution < -0.4 is 34.4 Å². The first-order valence-corrected chi connectivity index (χ1v) is 3.73. The molecule has 0 amide bonds. The largest absolute Gasteiger partial charge is 1.00 e. The van der Waals surface area contributed by atoms with Crippen LogP contribution in [0.4, 0.5) is 0 Å². The molecule has 0 fully saturated rings. The minimum atomic E-state index is -3.91. The molecule has 0 unspecified atom stereocenters. The van der Waals surface area contributed by atoms with Gasteiger partial charge < -0.3 is 6.63 Å². The van der Waals surface area contributed by atoms with Crippen LogP contribution >= 0.6 is 0 Å². The van der Waals surface area contributed by atoms with Gasteiger partial charge in [-0.3, -0.25) is 4.18 Å². The minimum Gasteiger partial charge on any atom is -1.00 e. The van der Waals surface area contributed by atoms with Crippen LogP contribution in [0.1, 0.15) is 15.3 Å². The molecule has 0 saturated carbocycles. The van der Waals surface area contributed by atoms with Crippen LogP contribution in [0.15, 0.2) is 0 Å². The van der Waals surface area contributed by atoms with Gasteiger partial charge in [0.2, 0.25) is 0 Å². The van der Waals surface area contributed by atoms with E-state index >= 15 is 0 Å². The van der Waals surface area contributed by atoms with Gasteiger partial charge in [0.25, 0.3) is 0 Å². The molecule has 0 radical (unpaired) electrons. The van der Waals surface area contributed by atoms with Crippen molar-refractivity contribution in [3.05, 3.63) is 0 Å². The van der Waals surface area contributed by atoms with Gasteiger partial charge in [-0.2, -0.15) is 8.42 Å². The first-order chi connectivity index (χ1) is 3.98. The molecule has 0 spiro atoms. The predicted molar refractivity (Wildman–Crippen MR) is 31.2 cm³/mol. The summed E-state index contributed by atoms with van der Waals surface area (Å²) < 4.78 is 24.7. The van der Waals surface area contributed by atoms with Crippen LogP contribution in [0.2, 0.25) is 0 Å². The molecular weight excluding hydrogens is 169 g/mol. The van der Waals surface area contributed by atoms with E-state index < -0.39 is 16.4 Å². The molecule has 0 aliphatic rings. The summed E-state index contributed by atoms with van der Waals surface area (Å²) in [6, 6.07) is 0. The summed E-state index contributed by atoms with van der Waals surface area (Å²) in [7, 11) is -3.91. The van der Waals surface area contributed by atoms with E-state index in [9.17, 15) is 8.42 Å². The summed E-state index contributed by atoms with van der Waals surface area (Å²) in [6.45, 7) is 3.07. The van der Waals surface area contributed by atoms with Crippen LogP contribution in [0.3, 0.4) is 0 Å². The molecular formula is C3H10NNaO4S. The van der Waals surface area contributed by atoms with Gasteiger partial charge in [0.05, 0.1) is 6.10 Å². The molecule has 7 heteroatoms. The van der Waals surface area contributed by atoms with Gasteiger partial charge in [-0.1, -0.05) is 4.89 Å². The van der Waals surface area contributed by atoms with Crippen LogP contribution in [-0.4, -0.2) is 19.7 Å². The van der Waals surface area contributed by atoms with Gasteiger partial charge >= 0.3 is 39.9 Å². The summed E-state index contributed by atoms with van der Waals surface area (Å²) in [6.07, 6.45) is -0.463. The Morgan fingerprint density at radius 3 is 2.10 bits per heavy atom. The SMILES string of the molecule is CC(C)OS(=O)(=O)NO.[H-].[Na+]. The number of hydrogen-bond donors (Lipinski definition) is 2. The van der Waals surface area contributed by atoms with Gasteiger partial charge in [0.1, 0.15) is 0 Å². The quantitative estimate of drug-likeness (QED) is 0.352. The Balaban J connectivity index is -0.000000320. The number of nitrogens with one attached hydrogen (secondary N) is 1. The molecule has 58 valence electrons. The maximum Gasteiger partial charge on any atom is 1.00 e. The topological polar surface area (TPSA) is 75.6 Å². The van der Waals surface area contributed by atoms with Gasteiger partial charge in [-0.15, -0.1) is 0 Å². The summed E-state index contributed by atoms with van der Waals surface area (Å²) in [5.41, 5.74) is 0. The first-order valence-electron chi connectivity index (χ1n) is 2.32. The molecule has 0 atom stereocenters. The third-order valence-corrected chi connectivity index (χ3v) is 1.29. The van der Waals surface area contributed by atoms with E-state index in [-0.39, 0.29) is 31.0 Å². The van der Waals surface area contributed by atoms with Crippen molar-refractivity contribution in [2.24, 2.45) is 0 Å². The van der Waals surface area contributed by atoms with Gasteiger partial charge in [-0.25, -0.2) is 0 Å². The van der Waals surface area contributed by atoms with Crippen molar-refractivity contribution in [2.45, 2.75) is 20.0 Å². The average molecular weight is 179 g/mol. The summed E-state index contributed by atoms with van der Waals surface area (Å²) >= 11 is 0. The van der Waals surface area contributed by atoms with Crippen molar-refractivity contribution < 1.29 is 48.8 Å². The van der Waals surface area contributed by atoms with Crippen LogP contribution in [0, 0.1) is 0 Å². The van der Waals surface area contributed by atoms with Crippen molar-refractivity contribution >= 4 is 10.3 Å². The molecule has 0 aromatic rings. The zero-order valence-electron chi connectivity index (χ0n) is 7.16. The van der Waals surface area contributed by atoms with E-state index in [4.69, 9.17) is 5.21 Å². The monoisotopic (exact) mass is 179 g/mol. The smallest absolute Gasteiger partial charge is 1.00 e. The van der Waals surface area contributed by atoms with E-state index in [0.717, 1.165) is 4.89 Å². The molecule has 10 heavy (non-hydrogen) atoms. The molecule has 0 saturated heterocycles. The second-order valence-corrected chi connectivity index (χ2v) is 2.97. The standard InChI is InChI=1S/C3H9NO4S.Na.H/c1-3(2)8-9(6,7)4-5;;/h3-5H,1-2H3;;/q;+1;-1. The fraction of sp³-hybridized carbons (Fsp3) is 1.00. The fourth-order valence-electron chi connectivity index (χ4n) is 0.275. The Hall–Kier alpha value is 0.830. The maximum absolute atomic E-state index is 10.2. The van der Waals surface area contributed by atoms with E-state index in [1.165, 1.54) is 13.8 Å². The normalized spacial score (nSPS) is 11.2. The van der Waals surface area contributed by atoms with Crippen molar-refractivity contribution in [1.82, 2.24) is 4.89 Å². The van der Waals surface area contributed by atoms with Gasteiger partial charge in [-0.05, 0) is 13.8 Å². The molecule has 2 N–H and O–H groups in total. The van der Waals surface area contributed by atoms with Crippen molar-refractivity contribution in [2.75, 3.05) is 0 Å². The molecule has 5 nitrogen and oxygen atoms in total. The molecule has 0 rings (SSSR count). The fourth-order valence-corrected chi connectivity index (χ4v) is 0.825. The Morgan fingerprint density at radius 2 is 2.00 bits per heavy atom. The summed E-state index contributed by atoms with van der Waals surface area (Å²) in [5, 5.41) is 7.88. The zero-order chi connectivity index (χ0) is 7.49. The molecule has 0 aromatic heterocycles. The predicted octanol–water partition coefficient (Wildman–Crippen LogP) is -3.25. The Bertz CT molecular complexity index is 170. The zero-order valence-corrected chi connectivity index (χ0v) is 8.97. The average Bonchev–Trinajstić information content (AvgIpc) is 1.63. The second-order valence-electron chi connectivity index (χ2n) is 1.69. The van der Waals surface area contributed by atoms with E-state index in [0.29, 0.717) is 0 Å².